The van der Waals surface area contributed by atoms with Gasteiger partial charge in [0.05, 0.1) is 7.11 Å². The molecule has 17 heavy (non-hydrogen) atoms. The second-order valence-electron chi connectivity index (χ2n) is 3.90. The van der Waals surface area contributed by atoms with Gasteiger partial charge in [0, 0.05) is 24.0 Å². The summed E-state index contributed by atoms with van der Waals surface area (Å²) in [7, 11) is 1.49. The first-order chi connectivity index (χ1) is 8.22. The van der Waals surface area contributed by atoms with Gasteiger partial charge in [-0.25, -0.2) is 4.39 Å². The van der Waals surface area contributed by atoms with Crippen LogP contribution < -0.4 is 4.74 Å². The summed E-state index contributed by atoms with van der Waals surface area (Å²) < 4.78 is 18.9. The molecule has 0 N–H and O–H groups in total. The van der Waals surface area contributed by atoms with E-state index in [0.717, 1.165) is 24.8 Å². The molecule has 0 saturated carbocycles. The molecule has 1 aromatic rings. The molecule has 4 heteroatoms. The molecule has 2 nitrogen and oxygen atoms in total. The van der Waals surface area contributed by atoms with Gasteiger partial charge in [-0.1, -0.05) is 35.0 Å². The van der Waals surface area contributed by atoms with Crippen molar-refractivity contribution < 1.29 is 9.13 Å². The van der Waals surface area contributed by atoms with Gasteiger partial charge >= 0.3 is 0 Å². The van der Waals surface area contributed by atoms with Crippen LogP contribution in [0.5, 0.6) is 5.75 Å². The Bertz CT molecular complexity index is 340. The van der Waals surface area contributed by atoms with Crippen molar-refractivity contribution in [1.29, 1.82) is 0 Å². The van der Waals surface area contributed by atoms with E-state index in [-0.39, 0.29) is 5.82 Å². The Morgan fingerprint density at radius 3 is 2.71 bits per heavy atom. The monoisotopic (exact) mass is 303 g/mol. The molecule has 0 spiro atoms. The third-order valence-corrected chi connectivity index (χ3v) is 2.95. The zero-order chi connectivity index (χ0) is 12.7. The lowest BCUT2D eigenvalue weighted by atomic mass is 10.2. The lowest BCUT2D eigenvalue weighted by Gasteiger charge is -2.21. The molecule has 0 fully saturated rings. The average molecular weight is 304 g/mol. The highest BCUT2D eigenvalue weighted by Crippen LogP contribution is 2.21. The maximum atomic E-state index is 14.0. The van der Waals surface area contributed by atoms with Crippen LogP contribution in [-0.2, 0) is 6.54 Å². The summed E-state index contributed by atoms with van der Waals surface area (Å²) in [4.78, 5) is 2.23. The summed E-state index contributed by atoms with van der Waals surface area (Å²) in [6.07, 6.45) is 1.07. The quantitative estimate of drug-likeness (QED) is 0.716. The maximum absolute atomic E-state index is 14.0. The minimum absolute atomic E-state index is 0.245. The molecule has 0 radical (unpaired) electrons. The minimum Gasteiger partial charge on any atom is -0.494 e. The predicted molar refractivity (Wildman–Crippen MR) is 72.3 cm³/mol. The Balaban J connectivity index is 2.77. The second-order valence-corrected chi connectivity index (χ2v) is 4.69. The standard InChI is InChI=1S/C13H19BrFNO/c1-3-8-16(9-7-14)10-11-5-4-6-12(17-2)13(11)15/h4-6H,3,7-10H2,1-2H3. The van der Waals surface area contributed by atoms with Crippen LogP contribution in [0.4, 0.5) is 4.39 Å². The third-order valence-electron chi connectivity index (χ3n) is 2.60. The van der Waals surface area contributed by atoms with E-state index in [1.165, 1.54) is 7.11 Å². The molecule has 1 aromatic carbocycles. The Morgan fingerprint density at radius 1 is 1.35 bits per heavy atom. The van der Waals surface area contributed by atoms with Crippen LogP contribution in [0.15, 0.2) is 18.2 Å². The van der Waals surface area contributed by atoms with E-state index in [4.69, 9.17) is 4.74 Å². The zero-order valence-electron chi connectivity index (χ0n) is 10.4. The number of methoxy groups -OCH3 is 1. The van der Waals surface area contributed by atoms with E-state index in [2.05, 4.69) is 27.8 Å². The molecule has 0 bridgehead atoms. The summed E-state index contributed by atoms with van der Waals surface area (Å²) >= 11 is 3.42. The molecule has 0 unspecified atom stereocenters. The largest absolute Gasteiger partial charge is 0.494 e. The number of rotatable bonds is 7. The van der Waals surface area contributed by atoms with Crippen molar-refractivity contribution in [2.45, 2.75) is 19.9 Å². The van der Waals surface area contributed by atoms with Crippen LogP contribution in [0, 0.1) is 5.82 Å². The lowest BCUT2D eigenvalue weighted by molar-refractivity contribution is 0.277. The van der Waals surface area contributed by atoms with E-state index in [1.54, 1.807) is 6.07 Å². The number of nitrogens with zero attached hydrogens (tertiary/aromatic N) is 1. The first kappa shape index (κ1) is 14.5. The van der Waals surface area contributed by atoms with E-state index >= 15 is 0 Å². The number of alkyl halides is 1. The molecule has 1 rings (SSSR count). The number of ether oxygens (including phenoxy) is 1. The van der Waals surface area contributed by atoms with Crippen LogP contribution in [-0.4, -0.2) is 30.4 Å². The van der Waals surface area contributed by atoms with Crippen molar-refractivity contribution in [1.82, 2.24) is 4.90 Å². The van der Waals surface area contributed by atoms with Crippen LogP contribution in [0.25, 0.3) is 0 Å². The van der Waals surface area contributed by atoms with Crippen molar-refractivity contribution >= 4 is 15.9 Å². The smallest absolute Gasteiger partial charge is 0.169 e. The van der Waals surface area contributed by atoms with E-state index in [9.17, 15) is 4.39 Å². The van der Waals surface area contributed by atoms with Gasteiger partial charge in [0.1, 0.15) is 0 Å². The third kappa shape index (κ3) is 4.28. The molecule has 0 aliphatic carbocycles. The van der Waals surface area contributed by atoms with Crippen LogP contribution in [0.3, 0.4) is 0 Å². The van der Waals surface area contributed by atoms with Gasteiger partial charge in [0.2, 0.25) is 0 Å². The van der Waals surface area contributed by atoms with Crippen molar-refractivity contribution in [3.63, 3.8) is 0 Å². The van der Waals surface area contributed by atoms with Gasteiger partial charge in [-0.3, -0.25) is 4.90 Å². The van der Waals surface area contributed by atoms with Crippen molar-refractivity contribution in [2.24, 2.45) is 0 Å². The Hall–Kier alpha value is -0.610. The number of hydrogen-bond acceptors (Lipinski definition) is 2. The lowest BCUT2D eigenvalue weighted by Crippen LogP contribution is -2.26. The molecule has 0 amide bonds. The second kappa shape index (κ2) is 7.67. The summed E-state index contributed by atoms with van der Waals surface area (Å²) in [5, 5.41) is 0.901. The molecule has 0 aromatic heterocycles. The SMILES string of the molecule is CCCN(CCBr)Cc1cccc(OC)c1F. The number of hydrogen-bond donors (Lipinski definition) is 0. The Labute approximate surface area is 111 Å². The molecular formula is C13H19BrFNO. The van der Waals surface area contributed by atoms with Crippen LogP contribution in [0.1, 0.15) is 18.9 Å². The van der Waals surface area contributed by atoms with Gasteiger partial charge in [-0.05, 0) is 19.0 Å². The average Bonchev–Trinajstić information content (AvgIpc) is 2.32. The number of benzene rings is 1. The van der Waals surface area contributed by atoms with Crippen molar-refractivity contribution in [2.75, 3.05) is 25.5 Å². The van der Waals surface area contributed by atoms with Crippen LogP contribution >= 0.6 is 15.9 Å². The van der Waals surface area contributed by atoms with Crippen molar-refractivity contribution in [3.8, 4) is 5.75 Å². The Morgan fingerprint density at radius 2 is 2.12 bits per heavy atom. The first-order valence-electron chi connectivity index (χ1n) is 5.82. The normalized spacial score (nSPS) is 10.9. The summed E-state index contributed by atoms with van der Waals surface area (Å²) in [5.74, 6) is 0.0727. The zero-order valence-corrected chi connectivity index (χ0v) is 12.0. The fraction of sp³-hybridized carbons (Fsp3) is 0.538. The molecule has 0 aliphatic heterocycles. The predicted octanol–water partition coefficient (Wildman–Crippen LogP) is 3.44. The summed E-state index contributed by atoms with van der Waals surface area (Å²) in [5.41, 5.74) is 0.693. The van der Waals surface area contributed by atoms with Crippen LogP contribution in [0.2, 0.25) is 0 Å². The molecule has 0 heterocycles. The highest BCUT2D eigenvalue weighted by atomic mass is 79.9. The fourth-order valence-corrected chi connectivity index (χ4v) is 2.28. The van der Waals surface area contributed by atoms with Gasteiger partial charge < -0.3 is 4.74 Å². The molecule has 0 saturated heterocycles. The summed E-state index contributed by atoms with van der Waals surface area (Å²) in [6.45, 7) is 4.65. The maximum Gasteiger partial charge on any atom is 0.169 e. The molecule has 0 aliphatic rings. The van der Waals surface area contributed by atoms with Gasteiger partial charge in [0.15, 0.2) is 11.6 Å². The number of halogens is 2. The molecule has 0 atom stereocenters. The van der Waals surface area contributed by atoms with E-state index in [1.807, 2.05) is 12.1 Å². The van der Waals surface area contributed by atoms with Crippen molar-refractivity contribution in [3.05, 3.63) is 29.6 Å². The highest BCUT2D eigenvalue weighted by Gasteiger charge is 2.11. The Kier molecular flexibility index (Phi) is 6.52. The minimum atomic E-state index is -0.245. The first-order valence-corrected chi connectivity index (χ1v) is 6.94. The highest BCUT2D eigenvalue weighted by molar-refractivity contribution is 9.09. The molecule has 96 valence electrons. The van der Waals surface area contributed by atoms with Gasteiger partial charge in [0.25, 0.3) is 0 Å². The van der Waals surface area contributed by atoms with E-state index < -0.39 is 0 Å². The van der Waals surface area contributed by atoms with Gasteiger partial charge in [-0.15, -0.1) is 0 Å². The fourth-order valence-electron chi connectivity index (χ4n) is 1.78. The molecular weight excluding hydrogens is 285 g/mol. The van der Waals surface area contributed by atoms with E-state index in [0.29, 0.717) is 17.9 Å². The summed E-state index contributed by atoms with van der Waals surface area (Å²) in [6, 6.07) is 5.29. The topological polar surface area (TPSA) is 12.5 Å². The van der Waals surface area contributed by atoms with Gasteiger partial charge in [-0.2, -0.15) is 0 Å².